The van der Waals surface area contributed by atoms with E-state index in [1.165, 1.54) is 4.90 Å². The van der Waals surface area contributed by atoms with E-state index in [9.17, 15) is 28.8 Å². The van der Waals surface area contributed by atoms with E-state index in [1.54, 1.807) is 42.5 Å². The fraction of sp³-hybridized carbons (Fsp3) is 0.581. The summed E-state index contributed by atoms with van der Waals surface area (Å²) in [7, 11) is 0. The first kappa shape index (κ1) is 49.3. The molecule has 346 valence electrons. The lowest BCUT2D eigenvalue weighted by molar-refractivity contribution is -0.136. The number of amides is 6. The van der Waals surface area contributed by atoms with Gasteiger partial charge in [0, 0.05) is 18.7 Å². The second-order valence-electron chi connectivity index (χ2n) is 14.0. The molecule has 2 N–H and O–H groups in total. The smallest absolute Gasteiger partial charge is 0.264 e. The van der Waals surface area contributed by atoms with Gasteiger partial charge in [-0.3, -0.25) is 43.9 Å². The van der Waals surface area contributed by atoms with Gasteiger partial charge in [-0.05, 0) is 30.7 Å². The molecule has 2 aromatic carbocycles. The van der Waals surface area contributed by atoms with Crippen LogP contribution in [0.2, 0.25) is 0 Å². The molecule has 0 saturated carbocycles. The predicted molar refractivity (Wildman–Crippen MR) is 222 cm³/mol. The van der Waals surface area contributed by atoms with Crippen LogP contribution in [0.15, 0.2) is 42.5 Å². The van der Waals surface area contributed by atoms with E-state index in [0.717, 1.165) is 4.90 Å². The zero-order chi connectivity index (χ0) is 44.5. The fourth-order valence-electron chi connectivity index (χ4n) is 6.60. The second-order valence-corrected chi connectivity index (χ2v) is 14.0. The average Bonchev–Trinajstić information content (AvgIpc) is 3.68. The number of hydrogen-bond donors (Lipinski definition) is 2. The Bertz CT molecular complexity index is 1760. The highest BCUT2D eigenvalue weighted by Crippen LogP contribution is 2.32. The van der Waals surface area contributed by atoms with E-state index in [0.29, 0.717) is 149 Å². The molecule has 1 saturated heterocycles. The minimum Gasteiger partial charge on any atom is -0.382 e. The Morgan fingerprint density at radius 1 is 0.476 bits per heavy atom. The van der Waals surface area contributed by atoms with Gasteiger partial charge in [0.1, 0.15) is 6.04 Å². The summed E-state index contributed by atoms with van der Waals surface area (Å²) in [5, 5.41) is 5.33. The summed E-state index contributed by atoms with van der Waals surface area (Å²) in [5.41, 5.74) is 1.75. The van der Waals surface area contributed by atoms with Crippen molar-refractivity contribution >= 4 is 41.1 Å². The summed E-state index contributed by atoms with van der Waals surface area (Å²) in [6.45, 7) is 8.70. The molecule has 0 bridgehead atoms. The Labute approximate surface area is 366 Å². The molecule has 6 amide bonds. The van der Waals surface area contributed by atoms with Gasteiger partial charge in [-0.15, -0.1) is 0 Å². The third-order valence-electron chi connectivity index (χ3n) is 9.72. The highest BCUT2D eigenvalue weighted by molar-refractivity contribution is 6.25. The summed E-state index contributed by atoms with van der Waals surface area (Å²) in [6, 6.07) is 10.7. The van der Waals surface area contributed by atoms with E-state index in [-0.39, 0.29) is 48.9 Å². The summed E-state index contributed by atoms with van der Waals surface area (Å²) in [4.78, 5) is 76.8. The van der Waals surface area contributed by atoms with Gasteiger partial charge >= 0.3 is 0 Å². The average molecular weight is 887 g/mol. The molecule has 63 heavy (non-hydrogen) atoms. The van der Waals surface area contributed by atoms with Crippen molar-refractivity contribution in [2.75, 3.05) is 151 Å². The first-order valence-corrected chi connectivity index (χ1v) is 21.2. The number of ether oxygens (including phenoxy) is 10. The van der Waals surface area contributed by atoms with Gasteiger partial charge in [0.15, 0.2) is 0 Å². The summed E-state index contributed by atoms with van der Waals surface area (Å²) < 4.78 is 55.1. The molecule has 0 spiro atoms. The van der Waals surface area contributed by atoms with Crippen LogP contribution in [-0.2, 0) is 57.0 Å². The van der Waals surface area contributed by atoms with Crippen LogP contribution < -0.4 is 10.6 Å². The zero-order valence-corrected chi connectivity index (χ0v) is 35.5. The van der Waals surface area contributed by atoms with Crippen molar-refractivity contribution in [1.29, 1.82) is 0 Å². The Hall–Kier alpha value is -4.74. The molecule has 0 radical (unpaired) electrons. The lowest BCUT2D eigenvalue weighted by Crippen LogP contribution is -2.54. The largest absolute Gasteiger partial charge is 0.382 e. The third-order valence-corrected chi connectivity index (χ3v) is 9.72. The van der Waals surface area contributed by atoms with Gasteiger partial charge in [0.2, 0.25) is 11.8 Å². The van der Waals surface area contributed by atoms with Crippen molar-refractivity contribution < 1.29 is 76.1 Å². The number of piperidine rings is 1. The molecule has 0 aromatic heterocycles. The van der Waals surface area contributed by atoms with E-state index in [4.69, 9.17) is 47.4 Å². The number of benzene rings is 2. The number of fused-ring (bicyclic) bond motifs is 2. The normalized spacial score (nSPS) is 16.0. The van der Waals surface area contributed by atoms with Crippen LogP contribution in [0.1, 0.15) is 54.3 Å². The molecule has 1 atom stereocenters. The van der Waals surface area contributed by atoms with Crippen molar-refractivity contribution in [2.45, 2.75) is 18.9 Å². The standard InChI is InChI=1S/C43H58N4O16/c48-37-9-8-36(39(49)45-37)47-42(52)34-6-3-7-35(38(34)43(47)53)44-10-12-54-14-16-56-18-20-58-22-24-60-26-28-62-30-31-63-29-27-61-25-23-59-21-19-57-17-15-55-13-11-46-40(50)32-4-1-2-5-33(32)41(46)51/h1-7,36,44H,8-31H2,(H,45,48,49). The SMILES string of the molecule is O=C1CCC(N2C(=O)c3cccc(NCCOCCOCCOCCOCCOCCOCCOCCOCCOCCOCCN4C(=O)c5ccccc5C4=O)c3C2=O)C(=O)N1. The molecular formula is C43H58N4O16. The Morgan fingerprint density at radius 3 is 1.33 bits per heavy atom. The van der Waals surface area contributed by atoms with Gasteiger partial charge in [0.05, 0.1) is 161 Å². The fourth-order valence-corrected chi connectivity index (χ4v) is 6.60. The monoisotopic (exact) mass is 886 g/mol. The van der Waals surface area contributed by atoms with E-state index >= 15 is 0 Å². The minimum atomic E-state index is -1.02. The highest BCUT2D eigenvalue weighted by atomic mass is 16.6. The zero-order valence-electron chi connectivity index (χ0n) is 35.5. The molecule has 0 aliphatic carbocycles. The molecule has 20 nitrogen and oxygen atoms in total. The first-order chi connectivity index (χ1) is 30.9. The number of carbonyl (C=O) groups excluding carboxylic acids is 6. The predicted octanol–water partition coefficient (Wildman–Crippen LogP) is 0.962. The second kappa shape index (κ2) is 28.1. The molecule has 20 heteroatoms. The molecule has 3 aliphatic rings. The lowest BCUT2D eigenvalue weighted by Gasteiger charge is -2.27. The van der Waals surface area contributed by atoms with Gasteiger partial charge in [-0.25, -0.2) is 0 Å². The molecule has 5 rings (SSSR count). The van der Waals surface area contributed by atoms with Crippen LogP contribution in [0.5, 0.6) is 0 Å². The molecule has 1 unspecified atom stereocenters. The van der Waals surface area contributed by atoms with Crippen LogP contribution in [0.3, 0.4) is 0 Å². The number of anilines is 1. The van der Waals surface area contributed by atoms with Crippen LogP contribution in [0.25, 0.3) is 0 Å². The van der Waals surface area contributed by atoms with Crippen molar-refractivity contribution in [3.05, 3.63) is 64.7 Å². The van der Waals surface area contributed by atoms with Crippen molar-refractivity contribution in [3.8, 4) is 0 Å². The number of nitrogens with zero attached hydrogens (tertiary/aromatic N) is 2. The minimum absolute atomic E-state index is 0.0596. The summed E-state index contributed by atoms with van der Waals surface area (Å²) in [5.74, 6) is -2.77. The van der Waals surface area contributed by atoms with Gasteiger partial charge in [-0.1, -0.05) is 18.2 Å². The van der Waals surface area contributed by atoms with Crippen LogP contribution in [0.4, 0.5) is 5.69 Å². The van der Waals surface area contributed by atoms with Gasteiger partial charge in [0.25, 0.3) is 23.6 Å². The van der Waals surface area contributed by atoms with Crippen molar-refractivity contribution in [3.63, 3.8) is 0 Å². The summed E-state index contributed by atoms with van der Waals surface area (Å²) in [6.07, 6.45) is 0.157. The lowest BCUT2D eigenvalue weighted by atomic mass is 10.0. The number of rotatable bonds is 35. The molecule has 1 fully saturated rings. The maximum absolute atomic E-state index is 13.2. The topological polar surface area (TPSA) is 225 Å². The van der Waals surface area contributed by atoms with Crippen LogP contribution in [0, 0.1) is 0 Å². The van der Waals surface area contributed by atoms with Gasteiger partial charge < -0.3 is 52.7 Å². The number of hydrogen-bond acceptors (Lipinski definition) is 17. The quantitative estimate of drug-likeness (QED) is 0.0726. The number of imide groups is 3. The molecule has 3 heterocycles. The van der Waals surface area contributed by atoms with Crippen molar-refractivity contribution in [2.24, 2.45) is 0 Å². The Kier molecular flexibility index (Phi) is 22.0. The molecule has 3 aliphatic heterocycles. The van der Waals surface area contributed by atoms with E-state index in [1.807, 2.05) is 0 Å². The molecular weight excluding hydrogens is 828 g/mol. The van der Waals surface area contributed by atoms with Crippen molar-refractivity contribution in [1.82, 2.24) is 15.1 Å². The van der Waals surface area contributed by atoms with E-state index < -0.39 is 29.7 Å². The van der Waals surface area contributed by atoms with Crippen LogP contribution >= 0.6 is 0 Å². The highest BCUT2D eigenvalue weighted by Gasteiger charge is 2.45. The Morgan fingerprint density at radius 2 is 0.889 bits per heavy atom. The maximum Gasteiger partial charge on any atom is 0.264 e. The number of carbonyl (C=O) groups is 6. The van der Waals surface area contributed by atoms with Gasteiger partial charge in [-0.2, -0.15) is 0 Å². The van der Waals surface area contributed by atoms with Crippen LogP contribution in [-0.4, -0.2) is 197 Å². The maximum atomic E-state index is 13.2. The summed E-state index contributed by atoms with van der Waals surface area (Å²) >= 11 is 0. The Balaban J connectivity index is 0.703. The first-order valence-electron chi connectivity index (χ1n) is 21.2. The van der Waals surface area contributed by atoms with E-state index in [2.05, 4.69) is 10.6 Å². The number of nitrogens with one attached hydrogen (secondary N) is 2. The molecule has 2 aromatic rings. The third kappa shape index (κ3) is 15.8.